The topological polar surface area (TPSA) is 112 Å². The summed E-state index contributed by atoms with van der Waals surface area (Å²) in [6.07, 6.45) is 2.64. The summed E-state index contributed by atoms with van der Waals surface area (Å²) < 4.78 is 5.35. The molecule has 2 N–H and O–H groups in total. The van der Waals surface area contributed by atoms with Gasteiger partial charge in [0, 0.05) is 29.3 Å². The number of aromatic nitrogens is 1. The molecule has 0 aliphatic carbocycles. The Labute approximate surface area is 149 Å². The lowest BCUT2D eigenvalue weighted by Gasteiger charge is -2.22. The number of hydrogen-bond donors (Lipinski definition) is 1. The molecule has 3 aromatic rings. The second kappa shape index (κ2) is 6.79. The van der Waals surface area contributed by atoms with Gasteiger partial charge in [-0.05, 0) is 36.4 Å². The first kappa shape index (κ1) is 17.3. The Morgan fingerprint density at radius 1 is 1.23 bits per heavy atom. The first-order chi connectivity index (χ1) is 12.4. The molecule has 1 aromatic carbocycles. The fourth-order valence-electron chi connectivity index (χ4n) is 2.87. The molecule has 0 aliphatic rings. The third kappa shape index (κ3) is 3.06. The van der Waals surface area contributed by atoms with Crippen LogP contribution in [0.15, 0.2) is 65.4 Å². The molecular weight excluding hydrogens is 334 g/mol. The van der Waals surface area contributed by atoms with E-state index in [1.807, 2.05) is 0 Å². The van der Waals surface area contributed by atoms with Gasteiger partial charge in [-0.25, -0.2) is 0 Å². The fourth-order valence-corrected chi connectivity index (χ4v) is 2.87. The smallest absolute Gasteiger partial charge is 0.253 e. The van der Waals surface area contributed by atoms with E-state index in [-0.39, 0.29) is 12.0 Å². The first-order valence-corrected chi connectivity index (χ1v) is 7.95. The first-order valence-electron chi connectivity index (χ1n) is 7.95. The van der Waals surface area contributed by atoms with Crippen LogP contribution in [-0.2, 0) is 5.54 Å². The zero-order valence-electron chi connectivity index (χ0n) is 14.1. The number of anilines is 1. The van der Waals surface area contributed by atoms with Crippen LogP contribution >= 0.6 is 0 Å². The Morgan fingerprint density at radius 3 is 2.65 bits per heavy atom. The number of carbonyl (C=O) groups excluding carboxylic acids is 1. The van der Waals surface area contributed by atoms with Crippen molar-refractivity contribution in [3.8, 4) is 11.5 Å². The molecule has 3 rings (SSSR count). The maximum Gasteiger partial charge on any atom is 0.253 e. The quantitative estimate of drug-likeness (QED) is 0.314. The molecule has 0 saturated carbocycles. The van der Waals surface area contributed by atoms with Crippen LogP contribution in [0.4, 0.5) is 5.69 Å². The molecule has 7 heteroatoms. The number of Topliss-reactive ketones (excluding diaryl/α,β-unsaturated/α-hetero) is 1. The van der Waals surface area contributed by atoms with Crippen LogP contribution in [0.5, 0.6) is 0 Å². The molecule has 0 spiro atoms. The highest BCUT2D eigenvalue weighted by atomic mass is 16.6. The van der Waals surface area contributed by atoms with Gasteiger partial charge in [-0.15, -0.1) is 0 Å². The summed E-state index contributed by atoms with van der Waals surface area (Å²) in [5.41, 5.74) is 5.37. The Bertz CT molecular complexity index is 953. The van der Waals surface area contributed by atoms with Crippen LogP contribution < -0.4 is 5.73 Å². The summed E-state index contributed by atoms with van der Waals surface area (Å²) in [6, 6.07) is 13.1. The van der Waals surface area contributed by atoms with Crippen LogP contribution in [0, 0.1) is 10.1 Å². The minimum absolute atomic E-state index is 0.268. The minimum Gasteiger partial charge on any atom is -0.463 e. The average molecular weight is 351 g/mol. The Morgan fingerprint density at radius 2 is 2.00 bits per heavy atom. The lowest BCUT2D eigenvalue weighted by molar-refractivity contribution is -0.573. The van der Waals surface area contributed by atoms with Crippen molar-refractivity contribution in [3.05, 3.63) is 82.2 Å². The molecule has 1 unspecified atom stereocenters. The van der Waals surface area contributed by atoms with Gasteiger partial charge in [-0.3, -0.25) is 19.9 Å². The van der Waals surface area contributed by atoms with Crippen molar-refractivity contribution in [2.24, 2.45) is 0 Å². The maximum absolute atomic E-state index is 12.7. The molecule has 0 amide bonds. The number of nitro groups is 1. The number of carbonyl (C=O) groups is 1. The average Bonchev–Trinajstić information content (AvgIpc) is 3.16. The molecule has 0 bridgehead atoms. The van der Waals surface area contributed by atoms with E-state index in [1.165, 1.54) is 19.4 Å². The van der Waals surface area contributed by atoms with Crippen molar-refractivity contribution >= 4 is 11.5 Å². The highest BCUT2D eigenvalue weighted by Crippen LogP contribution is 2.36. The van der Waals surface area contributed by atoms with Gasteiger partial charge < -0.3 is 10.2 Å². The summed E-state index contributed by atoms with van der Waals surface area (Å²) >= 11 is 0. The monoisotopic (exact) mass is 351 g/mol. The third-order valence-electron chi connectivity index (χ3n) is 4.31. The van der Waals surface area contributed by atoms with E-state index in [1.54, 1.807) is 48.5 Å². The molecular formula is C19H17N3O4. The summed E-state index contributed by atoms with van der Waals surface area (Å²) in [6.45, 7) is 1.41. The van der Waals surface area contributed by atoms with E-state index >= 15 is 0 Å². The van der Waals surface area contributed by atoms with Crippen molar-refractivity contribution in [2.45, 2.75) is 18.9 Å². The van der Waals surface area contributed by atoms with Crippen molar-refractivity contribution in [3.63, 3.8) is 0 Å². The van der Waals surface area contributed by atoms with Crippen LogP contribution in [0.25, 0.3) is 11.5 Å². The van der Waals surface area contributed by atoms with Crippen molar-refractivity contribution in [1.82, 2.24) is 4.98 Å². The number of para-hydroxylation sites is 1. The van der Waals surface area contributed by atoms with E-state index in [0.717, 1.165) is 0 Å². The van der Waals surface area contributed by atoms with Crippen molar-refractivity contribution in [2.75, 3.05) is 5.73 Å². The number of furan rings is 1. The zero-order chi connectivity index (χ0) is 18.7. The van der Waals surface area contributed by atoms with E-state index in [2.05, 4.69) is 4.98 Å². The van der Waals surface area contributed by atoms with E-state index in [9.17, 15) is 14.9 Å². The predicted molar refractivity (Wildman–Crippen MR) is 96.1 cm³/mol. The molecule has 7 nitrogen and oxygen atoms in total. The van der Waals surface area contributed by atoms with E-state index in [0.29, 0.717) is 22.7 Å². The largest absolute Gasteiger partial charge is 0.463 e. The molecule has 2 heterocycles. The highest BCUT2D eigenvalue weighted by molar-refractivity contribution is 6.01. The van der Waals surface area contributed by atoms with Crippen LogP contribution in [0.1, 0.15) is 29.3 Å². The molecule has 0 fully saturated rings. The second-order valence-electron chi connectivity index (χ2n) is 6.10. The lowest BCUT2D eigenvalue weighted by atomic mass is 9.84. The Hall–Kier alpha value is -3.48. The van der Waals surface area contributed by atoms with Gasteiger partial charge in [0.05, 0.1) is 18.2 Å². The van der Waals surface area contributed by atoms with E-state index in [4.69, 9.17) is 10.2 Å². The van der Waals surface area contributed by atoms with Gasteiger partial charge in [0.15, 0.2) is 11.5 Å². The number of pyridine rings is 1. The molecule has 132 valence electrons. The number of nitrogens with zero attached hydrogens (tertiary/aromatic N) is 2. The van der Waals surface area contributed by atoms with Crippen molar-refractivity contribution < 1.29 is 14.1 Å². The van der Waals surface area contributed by atoms with Crippen LogP contribution in [0.3, 0.4) is 0 Å². The molecule has 26 heavy (non-hydrogen) atoms. The molecule has 0 aliphatic heterocycles. The number of benzene rings is 1. The van der Waals surface area contributed by atoms with Crippen molar-refractivity contribution in [1.29, 1.82) is 0 Å². The van der Waals surface area contributed by atoms with Gasteiger partial charge in [-0.1, -0.05) is 12.1 Å². The number of nitrogen functional groups attached to an aromatic ring is 1. The van der Waals surface area contributed by atoms with Gasteiger partial charge in [0.1, 0.15) is 5.69 Å². The van der Waals surface area contributed by atoms with E-state index < -0.39 is 16.2 Å². The van der Waals surface area contributed by atoms with Crippen LogP contribution in [0.2, 0.25) is 0 Å². The van der Waals surface area contributed by atoms with Crippen LogP contribution in [-0.4, -0.2) is 15.7 Å². The highest BCUT2D eigenvalue weighted by Gasteiger charge is 2.44. The molecule has 1 atom stereocenters. The number of nitrogens with two attached hydrogens (primary N) is 1. The molecule has 2 aromatic heterocycles. The number of ketones is 1. The zero-order valence-corrected chi connectivity index (χ0v) is 14.1. The lowest BCUT2D eigenvalue weighted by Crippen LogP contribution is -2.35. The summed E-state index contributed by atoms with van der Waals surface area (Å²) in [5, 5.41) is 12.0. The second-order valence-corrected chi connectivity index (χ2v) is 6.10. The third-order valence-corrected chi connectivity index (χ3v) is 4.31. The Kier molecular flexibility index (Phi) is 4.53. The summed E-state index contributed by atoms with van der Waals surface area (Å²) in [5.74, 6) is -0.00287. The molecule has 0 saturated heterocycles. The number of hydrogen-bond acceptors (Lipinski definition) is 6. The van der Waals surface area contributed by atoms with Gasteiger partial charge >= 0.3 is 0 Å². The van der Waals surface area contributed by atoms with Gasteiger partial charge in [-0.2, -0.15) is 0 Å². The summed E-state index contributed by atoms with van der Waals surface area (Å²) in [4.78, 5) is 28.5. The predicted octanol–water partition coefficient (Wildman–Crippen LogP) is 3.69. The normalized spacial score (nSPS) is 13.1. The fraction of sp³-hybridized carbons (Fsp3) is 0.158. The molecule has 0 radical (unpaired) electrons. The van der Waals surface area contributed by atoms with Gasteiger partial charge in [0.25, 0.3) is 5.54 Å². The number of rotatable bonds is 6. The standard InChI is InChI=1S/C19H17N3O4/c1-19(22(24)25,12-16(23)13-6-2-3-8-15(13)20)14-7-4-10-21-18(14)17-9-5-11-26-17/h2-11H,12,20H2,1H3. The summed E-state index contributed by atoms with van der Waals surface area (Å²) in [7, 11) is 0. The Balaban J connectivity index is 2.06. The SMILES string of the molecule is CC(CC(=O)c1ccccc1N)(c1cccnc1-c1ccco1)[N+](=O)[O-]. The maximum atomic E-state index is 12.7. The minimum atomic E-state index is -1.68. The van der Waals surface area contributed by atoms with Gasteiger partial charge in [0.2, 0.25) is 0 Å².